The SMILES string of the molecule is CC1CC(N)CN(C(=O)c2ccc(O)c(Cl)c2)C1. The molecule has 1 heterocycles. The van der Waals surface area contributed by atoms with Crippen LogP contribution in [0.5, 0.6) is 5.75 Å². The number of phenols is 1. The molecule has 1 amide bonds. The zero-order valence-electron chi connectivity index (χ0n) is 10.3. The minimum atomic E-state index is -0.0844. The average molecular weight is 269 g/mol. The van der Waals surface area contributed by atoms with Crippen molar-refractivity contribution in [2.24, 2.45) is 11.7 Å². The summed E-state index contributed by atoms with van der Waals surface area (Å²) in [6.45, 7) is 3.37. The summed E-state index contributed by atoms with van der Waals surface area (Å²) in [5.74, 6) is 0.307. The molecule has 0 radical (unpaired) electrons. The van der Waals surface area contributed by atoms with Crippen molar-refractivity contribution in [2.75, 3.05) is 13.1 Å². The number of phenolic OH excluding ortho intramolecular Hbond substituents is 1. The molecular weight excluding hydrogens is 252 g/mol. The van der Waals surface area contributed by atoms with Crippen LogP contribution in [0.1, 0.15) is 23.7 Å². The monoisotopic (exact) mass is 268 g/mol. The Balaban J connectivity index is 2.17. The molecule has 4 nitrogen and oxygen atoms in total. The van der Waals surface area contributed by atoms with Gasteiger partial charge in [-0.25, -0.2) is 0 Å². The standard InChI is InChI=1S/C13H17ClN2O2/c1-8-4-10(15)7-16(6-8)13(18)9-2-3-12(17)11(14)5-9/h2-3,5,8,10,17H,4,6-7,15H2,1H3. The molecule has 1 aromatic rings. The highest BCUT2D eigenvalue weighted by Crippen LogP contribution is 2.25. The maximum atomic E-state index is 12.3. The topological polar surface area (TPSA) is 66.6 Å². The highest BCUT2D eigenvalue weighted by molar-refractivity contribution is 6.32. The van der Waals surface area contributed by atoms with Gasteiger partial charge in [-0.05, 0) is 30.5 Å². The third-order valence-corrected chi connectivity index (χ3v) is 3.48. The van der Waals surface area contributed by atoms with Crippen LogP contribution in [-0.2, 0) is 0 Å². The van der Waals surface area contributed by atoms with Gasteiger partial charge in [-0.1, -0.05) is 18.5 Å². The number of amides is 1. The highest BCUT2D eigenvalue weighted by Gasteiger charge is 2.26. The molecule has 0 saturated carbocycles. The van der Waals surface area contributed by atoms with Crippen LogP contribution in [0.4, 0.5) is 0 Å². The molecule has 0 aromatic heterocycles. The molecule has 5 heteroatoms. The number of nitrogens with zero attached hydrogens (tertiary/aromatic N) is 1. The number of carbonyl (C=O) groups excluding carboxylic acids is 1. The third-order valence-electron chi connectivity index (χ3n) is 3.17. The van der Waals surface area contributed by atoms with Gasteiger partial charge in [0.2, 0.25) is 0 Å². The fraction of sp³-hybridized carbons (Fsp3) is 0.462. The summed E-state index contributed by atoms with van der Waals surface area (Å²) < 4.78 is 0. The number of rotatable bonds is 1. The zero-order chi connectivity index (χ0) is 13.3. The quantitative estimate of drug-likeness (QED) is 0.817. The molecule has 98 valence electrons. The van der Waals surface area contributed by atoms with Gasteiger partial charge in [-0.3, -0.25) is 4.79 Å². The van der Waals surface area contributed by atoms with E-state index in [0.717, 1.165) is 6.42 Å². The van der Waals surface area contributed by atoms with E-state index in [0.29, 0.717) is 24.6 Å². The number of carbonyl (C=O) groups is 1. The first-order valence-corrected chi connectivity index (χ1v) is 6.38. The van der Waals surface area contributed by atoms with Crippen molar-refractivity contribution in [1.82, 2.24) is 4.90 Å². The molecule has 0 aliphatic carbocycles. The largest absolute Gasteiger partial charge is 0.506 e. The van der Waals surface area contributed by atoms with Crippen LogP contribution in [0.2, 0.25) is 5.02 Å². The number of piperidine rings is 1. The van der Waals surface area contributed by atoms with E-state index in [1.54, 1.807) is 11.0 Å². The van der Waals surface area contributed by atoms with Crippen LogP contribution < -0.4 is 5.73 Å². The summed E-state index contributed by atoms with van der Waals surface area (Å²) >= 11 is 5.81. The van der Waals surface area contributed by atoms with Gasteiger partial charge in [0.25, 0.3) is 5.91 Å². The lowest BCUT2D eigenvalue weighted by molar-refractivity contribution is 0.0661. The van der Waals surface area contributed by atoms with Gasteiger partial charge in [0.1, 0.15) is 5.75 Å². The number of hydrogen-bond donors (Lipinski definition) is 2. The Morgan fingerprint density at radius 3 is 2.83 bits per heavy atom. The molecular formula is C13H17ClN2O2. The lowest BCUT2D eigenvalue weighted by Gasteiger charge is -2.34. The first-order chi connectivity index (χ1) is 8.47. The lowest BCUT2D eigenvalue weighted by atomic mass is 9.96. The summed E-state index contributed by atoms with van der Waals surface area (Å²) in [5.41, 5.74) is 6.41. The smallest absolute Gasteiger partial charge is 0.253 e. The summed E-state index contributed by atoms with van der Waals surface area (Å²) in [6.07, 6.45) is 0.945. The van der Waals surface area contributed by atoms with E-state index in [-0.39, 0.29) is 22.7 Å². The third kappa shape index (κ3) is 2.76. The summed E-state index contributed by atoms with van der Waals surface area (Å²) in [6, 6.07) is 4.53. The molecule has 1 aromatic carbocycles. The van der Waals surface area contributed by atoms with Crippen LogP contribution in [0, 0.1) is 5.92 Å². The number of benzene rings is 1. The summed E-state index contributed by atoms with van der Waals surface area (Å²) in [4.78, 5) is 14.0. The van der Waals surface area contributed by atoms with E-state index >= 15 is 0 Å². The van der Waals surface area contributed by atoms with Gasteiger partial charge in [0.15, 0.2) is 0 Å². The van der Waals surface area contributed by atoms with Crippen molar-refractivity contribution < 1.29 is 9.90 Å². The van der Waals surface area contributed by atoms with E-state index in [2.05, 4.69) is 6.92 Å². The Morgan fingerprint density at radius 1 is 1.50 bits per heavy atom. The molecule has 2 atom stereocenters. The molecule has 1 fully saturated rings. The van der Waals surface area contributed by atoms with Crippen molar-refractivity contribution in [2.45, 2.75) is 19.4 Å². The van der Waals surface area contributed by atoms with E-state index in [1.807, 2.05) is 0 Å². The summed E-state index contributed by atoms with van der Waals surface area (Å²) in [5, 5.41) is 9.53. The second-order valence-electron chi connectivity index (χ2n) is 4.98. The molecule has 0 bridgehead atoms. The highest BCUT2D eigenvalue weighted by atomic mass is 35.5. The Morgan fingerprint density at radius 2 is 2.22 bits per heavy atom. The minimum absolute atomic E-state index is 0.0167. The molecule has 3 N–H and O–H groups in total. The van der Waals surface area contributed by atoms with Crippen LogP contribution in [0.25, 0.3) is 0 Å². The first-order valence-electron chi connectivity index (χ1n) is 6.00. The number of nitrogens with two attached hydrogens (primary N) is 1. The van der Waals surface area contributed by atoms with E-state index in [9.17, 15) is 9.90 Å². The van der Waals surface area contributed by atoms with Gasteiger partial charge in [0, 0.05) is 24.7 Å². The minimum Gasteiger partial charge on any atom is -0.506 e. The van der Waals surface area contributed by atoms with Crippen molar-refractivity contribution in [3.63, 3.8) is 0 Å². The zero-order valence-corrected chi connectivity index (χ0v) is 11.0. The summed E-state index contributed by atoms with van der Waals surface area (Å²) in [7, 11) is 0. The molecule has 2 rings (SSSR count). The van der Waals surface area contributed by atoms with Crippen LogP contribution in [0.15, 0.2) is 18.2 Å². The first kappa shape index (κ1) is 13.2. The van der Waals surface area contributed by atoms with Crippen molar-refractivity contribution in [3.05, 3.63) is 28.8 Å². The van der Waals surface area contributed by atoms with E-state index < -0.39 is 0 Å². The molecule has 1 saturated heterocycles. The van der Waals surface area contributed by atoms with Gasteiger partial charge >= 0.3 is 0 Å². The van der Waals surface area contributed by atoms with Gasteiger partial charge in [-0.2, -0.15) is 0 Å². The Kier molecular flexibility index (Phi) is 3.78. The number of halogens is 1. The predicted molar refractivity (Wildman–Crippen MR) is 70.8 cm³/mol. The van der Waals surface area contributed by atoms with Crippen LogP contribution >= 0.6 is 11.6 Å². The molecule has 18 heavy (non-hydrogen) atoms. The van der Waals surface area contributed by atoms with Gasteiger partial charge < -0.3 is 15.7 Å². The number of aromatic hydroxyl groups is 1. The average Bonchev–Trinajstić information content (AvgIpc) is 2.30. The van der Waals surface area contributed by atoms with Crippen LogP contribution in [-0.4, -0.2) is 35.0 Å². The second-order valence-corrected chi connectivity index (χ2v) is 5.38. The molecule has 1 aliphatic heterocycles. The Bertz CT molecular complexity index is 454. The van der Waals surface area contributed by atoms with Crippen molar-refractivity contribution in [1.29, 1.82) is 0 Å². The maximum absolute atomic E-state index is 12.3. The lowest BCUT2D eigenvalue weighted by Crippen LogP contribution is -2.48. The van der Waals surface area contributed by atoms with Crippen molar-refractivity contribution in [3.8, 4) is 5.75 Å². The normalized spacial score (nSPS) is 24.1. The molecule has 0 spiro atoms. The Labute approximate surface area is 111 Å². The predicted octanol–water partition coefficient (Wildman–Crippen LogP) is 1.85. The van der Waals surface area contributed by atoms with Gasteiger partial charge in [-0.15, -0.1) is 0 Å². The molecule has 1 aliphatic rings. The molecule has 2 unspecified atom stereocenters. The van der Waals surface area contributed by atoms with Gasteiger partial charge in [0.05, 0.1) is 5.02 Å². The van der Waals surface area contributed by atoms with Crippen LogP contribution in [0.3, 0.4) is 0 Å². The fourth-order valence-corrected chi connectivity index (χ4v) is 2.57. The van der Waals surface area contributed by atoms with Crippen molar-refractivity contribution >= 4 is 17.5 Å². The number of likely N-dealkylation sites (tertiary alicyclic amines) is 1. The number of hydrogen-bond acceptors (Lipinski definition) is 3. The second kappa shape index (κ2) is 5.16. The Hall–Kier alpha value is -1.26. The maximum Gasteiger partial charge on any atom is 0.253 e. The van der Waals surface area contributed by atoms with E-state index in [4.69, 9.17) is 17.3 Å². The fourth-order valence-electron chi connectivity index (χ4n) is 2.39. The van der Waals surface area contributed by atoms with E-state index in [1.165, 1.54) is 12.1 Å².